The number of halogens is 1. The normalized spacial score (nSPS) is 31.7. The zero-order valence-corrected chi connectivity index (χ0v) is 17.9. The van der Waals surface area contributed by atoms with Gasteiger partial charge in [-0.3, -0.25) is 19.3 Å². The minimum atomic E-state index is -1.12. The first kappa shape index (κ1) is 19.0. The van der Waals surface area contributed by atoms with Crippen molar-refractivity contribution in [3.63, 3.8) is 0 Å². The van der Waals surface area contributed by atoms with Crippen molar-refractivity contribution in [2.45, 2.75) is 31.3 Å². The Morgan fingerprint density at radius 3 is 2.45 bits per heavy atom. The van der Waals surface area contributed by atoms with E-state index in [4.69, 9.17) is 11.6 Å². The van der Waals surface area contributed by atoms with Gasteiger partial charge < -0.3 is 4.90 Å². The van der Waals surface area contributed by atoms with Gasteiger partial charge in [-0.25, -0.2) is 4.90 Å². The minimum Gasteiger partial charge on any atom is -0.310 e. The predicted octanol–water partition coefficient (Wildman–Crippen LogP) is 3.19. The maximum absolute atomic E-state index is 14.0. The summed E-state index contributed by atoms with van der Waals surface area (Å²) in [4.78, 5) is 46.8. The number of anilines is 2. The Morgan fingerprint density at radius 2 is 1.71 bits per heavy atom. The first-order valence-corrected chi connectivity index (χ1v) is 11.2. The lowest BCUT2D eigenvalue weighted by Gasteiger charge is -2.37. The van der Waals surface area contributed by atoms with Crippen LogP contribution in [0.1, 0.15) is 25.3 Å². The summed E-state index contributed by atoms with van der Waals surface area (Å²) in [6.07, 6.45) is 1.71. The van der Waals surface area contributed by atoms with Crippen LogP contribution in [-0.4, -0.2) is 41.8 Å². The van der Waals surface area contributed by atoms with Gasteiger partial charge in [-0.15, -0.1) is 0 Å². The molecule has 158 valence electrons. The van der Waals surface area contributed by atoms with Crippen molar-refractivity contribution < 1.29 is 14.4 Å². The van der Waals surface area contributed by atoms with Gasteiger partial charge in [-0.05, 0) is 44.5 Å². The van der Waals surface area contributed by atoms with E-state index in [9.17, 15) is 14.4 Å². The van der Waals surface area contributed by atoms with Crippen LogP contribution in [0, 0.1) is 11.8 Å². The second-order valence-corrected chi connectivity index (χ2v) is 9.11. The molecule has 3 saturated heterocycles. The van der Waals surface area contributed by atoms with E-state index in [0.29, 0.717) is 23.8 Å². The van der Waals surface area contributed by atoms with Crippen LogP contribution in [0.2, 0.25) is 5.02 Å². The number of fused-ring (bicyclic) bond motifs is 7. The number of hydrogen-bond donors (Lipinski definition) is 0. The summed E-state index contributed by atoms with van der Waals surface area (Å²) in [6.45, 7) is 3.17. The molecule has 0 radical (unpaired) electrons. The molecule has 4 atom stereocenters. The van der Waals surface area contributed by atoms with E-state index in [1.165, 1.54) is 4.90 Å². The molecule has 0 bridgehead atoms. The average Bonchev–Trinajstić information content (AvgIpc) is 3.47. The van der Waals surface area contributed by atoms with Crippen molar-refractivity contribution in [1.82, 2.24) is 4.90 Å². The summed E-state index contributed by atoms with van der Waals surface area (Å²) in [7, 11) is 0. The lowest BCUT2D eigenvalue weighted by Crippen LogP contribution is -2.56. The van der Waals surface area contributed by atoms with E-state index in [1.54, 1.807) is 29.2 Å². The van der Waals surface area contributed by atoms with Crippen LogP contribution in [0.25, 0.3) is 0 Å². The number of nitrogens with zero attached hydrogens (tertiary/aromatic N) is 3. The third kappa shape index (κ3) is 2.10. The van der Waals surface area contributed by atoms with E-state index < -0.39 is 17.4 Å². The average molecular weight is 436 g/mol. The first-order valence-electron chi connectivity index (χ1n) is 10.8. The second-order valence-electron chi connectivity index (χ2n) is 8.70. The molecule has 3 fully saturated rings. The van der Waals surface area contributed by atoms with Crippen molar-refractivity contribution in [1.29, 1.82) is 0 Å². The van der Waals surface area contributed by atoms with Gasteiger partial charge >= 0.3 is 0 Å². The monoisotopic (exact) mass is 435 g/mol. The summed E-state index contributed by atoms with van der Waals surface area (Å²) >= 11 is 6.38. The minimum absolute atomic E-state index is 0.0854. The Labute approximate surface area is 185 Å². The molecule has 1 spiro atoms. The molecule has 4 aliphatic heterocycles. The zero-order valence-electron chi connectivity index (χ0n) is 17.1. The maximum Gasteiger partial charge on any atom is 0.253 e. The molecule has 4 aliphatic rings. The summed E-state index contributed by atoms with van der Waals surface area (Å²) in [5, 5.41) is 0.356. The van der Waals surface area contributed by atoms with Crippen molar-refractivity contribution in [3.05, 3.63) is 59.1 Å². The van der Waals surface area contributed by atoms with Crippen LogP contribution in [0.3, 0.4) is 0 Å². The molecule has 0 aliphatic carbocycles. The summed E-state index contributed by atoms with van der Waals surface area (Å²) < 4.78 is 0. The van der Waals surface area contributed by atoms with Gasteiger partial charge in [0.05, 0.1) is 22.5 Å². The van der Waals surface area contributed by atoms with Crippen LogP contribution in [0.5, 0.6) is 0 Å². The van der Waals surface area contributed by atoms with Gasteiger partial charge in [-0.1, -0.05) is 41.9 Å². The molecule has 2 aromatic rings. The quantitative estimate of drug-likeness (QED) is 0.680. The molecule has 0 N–H and O–H groups in total. The number of imide groups is 1. The van der Waals surface area contributed by atoms with Gasteiger partial charge in [0.15, 0.2) is 0 Å². The summed E-state index contributed by atoms with van der Waals surface area (Å²) in [5.74, 6) is -1.93. The molecule has 31 heavy (non-hydrogen) atoms. The molecular formula is C24H22ClN3O3. The van der Waals surface area contributed by atoms with Gasteiger partial charge in [-0.2, -0.15) is 0 Å². The summed E-state index contributed by atoms with van der Waals surface area (Å²) in [5.41, 5.74) is 0.974. The Bertz CT molecular complexity index is 1150. The van der Waals surface area contributed by atoms with Gasteiger partial charge in [0, 0.05) is 23.8 Å². The van der Waals surface area contributed by atoms with Crippen LogP contribution in [0.4, 0.5) is 11.4 Å². The third-order valence-corrected chi connectivity index (χ3v) is 7.87. The predicted molar refractivity (Wildman–Crippen MR) is 117 cm³/mol. The van der Waals surface area contributed by atoms with E-state index in [0.717, 1.165) is 24.1 Å². The molecule has 4 heterocycles. The number of rotatable bonds is 2. The lowest BCUT2D eigenvalue weighted by atomic mass is 9.75. The van der Waals surface area contributed by atoms with Gasteiger partial charge in [0.1, 0.15) is 5.54 Å². The molecule has 7 heteroatoms. The van der Waals surface area contributed by atoms with Crippen molar-refractivity contribution in [2.24, 2.45) is 11.8 Å². The number of amides is 3. The van der Waals surface area contributed by atoms with Crippen LogP contribution < -0.4 is 9.80 Å². The van der Waals surface area contributed by atoms with Gasteiger partial charge in [0.25, 0.3) is 5.91 Å². The number of benzene rings is 2. The Morgan fingerprint density at radius 1 is 1.00 bits per heavy atom. The fraction of sp³-hybridized carbons (Fsp3) is 0.375. The smallest absolute Gasteiger partial charge is 0.253 e. The standard InChI is InChI=1S/C24H22ClN3O3/c1-2-26-16-10-5-3-8-14(16)24(23(26)31)20-19(18-12-7-13-27(18)24)21(29)28(22(20)30)17-11-6-4-9-15(17)25/h3-6,8-11,18-20H,2,7,12-13H2,1H3/t18-,19+,20+,24+/m1/s1. The van der Waals surface area contributed by atoms with Crippen molar-refractivity contribution in [2.75, 3.05) is 22.9 Å². The SMILES string of the molecule is CCN1C(=O)[C@]2(c3ccccc31)[C@@H]1C(=O)N(c3ccccc3Cl)C(=O)[C@H]1[C@H]1CCCN12. The Hall–Kier alpha value is -2.70. The highest BCUT2D eigenvalue weighted by Crippen LogP contribution is 2.62. The number of likely N-dealkylation sites (N-methyl/N-ethyl adjacent to an activating group) is 1. The third-order valence-electron chi connectivity index (χ3n) is 7.55. The van der Waals surface area contributed by atoms with Crippen LogP contribution in [0.15, 0.2) is 48.5 Å². The topological polar surface area (TPSA) is 60.9 Å². The number of hydrogen-bond acceptors (Lipinski definition) is 4. The second kappa shape index (κ2) is 6.40. The Kier molecular flexibility index (Phi) is 3.93. The fourth-order valence-electron chi connectivity index (χ4n) is 6.52. The van der Waals surface area contributed by atoms with E-state index in [-0.39, 0.29) is 23.8 Å². The molecule has 6 nitrogen and oxygen atoms in total. The fourth-order valence-corrected chi connectivity index (χ4v) is 6.75. The lowest BCUT2D eigenvalue weighted by molar-refractivity contribution is -0.137. The summed E-state index contributed by atoms with van der Waals surface area (Å²) in [6, 6.07) is 14.5. The maximum atomic E-state index is 14.0. The van der Waals surface area contributed by atoms with E-state index in [2.05, 4.69) is 4.90 Å². The molecule has 2 aromatic carbocycles. The van der Waals surface area contributed by atoms with Crippen LogP contribution in [-0.2, 0) is 19.9 Å². The van der Waals surface area contributed by atoms with Crippen molar-refractivity contribution in [3.8, 4) is 0 Å². The van der Waals surface area contributed by atoms with Gasteiger partial charge in [0.2, 0.25) is 11.8 Å². The Balaban J connectivity index is 1.59. The largest absolute Gasteiger partial charge is 0.310 e. The number of carbonyl (C=O) groups is 3. The molecule has 0 saturated carbocycles. The highest BCUT2D eigenvalue weighted by molar-refractivity contribution is 6.36. The first-order chi connectivity index (χ1) is 15.0. The molecule has 6 rings (SSSR count). The number of carbonyl (C=O) groups excluding carboxylic acids is 3. The highest BCUT2D eigenvalue weighted by atomic mass is 35.5. The number of para-hydroxylation sites is 2. The zero-order chi connectivity index (χ0) is 21.5. The van der Waals surface area contributed by atoms with Crippen molar-refractivity contribution >= 4 is 40.7 Å². The van der Waals surface area contributed by atoms with E-state index in [1.807, 2.05) is 31.2 Å². The highest BCUT2D eigenvalue weighted by Gasteiger charge is 2.75. The van der Waals surface area contributed by atoms with Crippen LogP contribution >= 0.6 is 11.6 Å². The molecular weight excluding hydrogens is 414 g/mol. The van der Waals surface area contributed by atoms with E-state index >= 15 is 0 Å². The molecule has 0 unspecified atom stereocenters. The molecule has 3 amide bonds. The molecule has 0 aromatic heterocycles.